The van der Waals surface area contributed by atoms with E-state index in [1.165, 1.54) is 0 Å². The number of thiazole rings is 1. The third kappa shape index (κ3) is 4.35. The van der Waals surface area contributed by atoms with E-state index in [2.05, 4.69) is 18.8 Å². The zero-order valence-electron chi connectivity index (χ0n) is 12.4. The number of aromatic nitrogens is 1. The summed E-state index contributed by atoms with van der Waals surface area (Å²) in [5, 5.41) is 2.94. The van der Waals surface area contributed by atoms with Gasteiger partial charge in [-0.05, 0) is 31.0 Å². The van der Waals surface area contributed by atoms with E-state index in [4.69, 9.17) is 21.1 Å². The van der Waals surface area contributed by atoms with E-state index in [1.54, 1.807) is 11.3 Å². The minimum absolute atomic E-state index is 0.446. The number of alkyl halides is 1. The number of halogens is 1. The number of hydrogen-bond acceptors (Lipinski definition) is 4. The summed E-state index contributed by atoms with van der Waals surface area (Å²) >= 11 is 7.38. The van der Waals surface area contributed by atoms with Crippen LogP contribution < -0.4 is 9.47 Å². The van der Waals surface area contributed by atoms with Gasteiger partial charge in [-0.3, -0.25) is 0 Å². The van der Waals surface area contributed by atoms with E-state index in [0.29, 0.717) is 19.1 Å². The lowest BCUT2D eigenvalue weighted by atomic mass is 10.1. The summed E-state index contributed by atoms with van der Waals surface area (Å²) in [7, 11) is 0. The molecule has 0 saturated heterocycles. The molecule has 0 atom stereocenters. The van der Waals surface area contributed by atoms with Crippen LogP contribution in [0.15, 0.2) is 23.6 Å². The number of hydrogen-bond donors (Lipinski definition) is 0. The Morgan fingerprint density at radius 1 is 1.10 bits per heavy atom. The molecule has 0 bridgehead atoms. The fraction of sp³-hybridized carbons (Fsp3) is 0.438. The molecule has 114 valence electrons. The van der Waals surface area contributed by atoms with Gasteiger partial charge in [-0.15, -0.1) is 22.9 Å². The van der Waals surface area contributed by atoms with Gasteiger partial charge >= 0.3 is 0 Å². The van der Waals surface area contributed by atoms with Gasteiger partial charge in [0.1, 0.15) is 5.01 Å². The van der Waals surface area contributed by atoms with Crippen molar-refractivity contribution in [2.45, 2.75) is 32.6 Å². The van der Waals surface area contributed by atoms with Crippen LogP contribution in [0.4, 0.5) is 0 Å². The van der Waals surface area contributed by atoms with Crippen molar-refractivity contribution in [3.8, 4) is 22.8 Å². The molecule has 0 N–H and O–H groups in total. The molecule has 21 heavy (non-hydrogen) atoms. The zero-order valence-corrected chi connectivity index (χ0v) is 14.0. The van der Waals surface area contributed by atoms with Crippen molar-refractivity contribution in [1.29, 1.82) is 0 Å². The fourth-order valence-electron chi connectivity index (χ4n) is 1.83. The molecule has 3 nitrogen and oxygen atoms in total. The average Bonchev–Trinajstić information content (AvgIpc) is 3.00. The van der Waals surface area contributed by atoms with Crippen molar-refractivity contribution in [3.63, 3.8) is 0 Å². The summed E-state index contributed by atoms with van der Waals surface area (Å²) in [4.78, 5) is 4.50. The molecule has 0 radical (unpaired) electrons. The Morgan fingerprint density at radius 2 is 1.81 bits per heavy atom. The highest BCUT2D eigenvalue weighted by molar-refractivity contribution is 7.10. The molecule has 5 heteroatoms. The SMILES string of the molecule is CCCOc1ccc(-c2csc(CCl)n2)cc1OCCC. The van der Waals surface area contributed by atoms with Gasteiger partial charge in [0.2, 0.25) is 0 Å². The molecule has 1 aromatic carbocycles. The van der Waals surface area contributed by atoms with Crippen LogP contribution in [0.2, 0.25) is 0 Å². The smallest absolute Gasteiger partial charge is 0.161 e. The predicted molar refractivity (Wildman–Crippen MR) is 88.7 cm³/mol. The van der Waals surface area contributed by atoms with Crippen LogP contribution in [-0.4, -0.2) is 18.2 Å². The maximum absolute atomic E-state index is 5.81. The topological polar surface area (TPSA) is 31.4 Å². The number of benzene rings is 1. The van der Waals surface area contributed by atoms with Gasteiger partial charge in [0, 0.05) is 10.9 Å². The van der Waals surface area contributed by atoms with Gasteiger partial charge in [-0.2, -0.15) is 0 Å². The second-order valence-electron chi connectivity index (χ2n) is 4.62. The summed E-state index contributed by atoms with van der Waals surface area (Å²) in [5.74, 6) is 2.02. The molecule has 0 aliphatic heterocycles. The maximum atomic E-state index is 5.81. The maximum Gasteiger partial charge on any atom is 0.161 e. The first-order valence-corrected chi connectivity index (χ1v) is 8.60. The highest BCUT2D eigenvalue weighted by atomic mass is 35.5. The molecule has 0 fully saturated rings. The number of rotatable bonds is 8. The first-order valence-electron chi connectivity index (χ1n) is 7.18. The molecular formula is C16H20ClNO2S. The Balaban J connectivity index is 2.26. The molecule has 0 saturated carbocycles. The Hall–Kier alpha value is -1.26. The lowest BCUT2D eigenvalue weighted by Crippen LogP contribution is -2.01. The molecule has 0 unspecified atom stereocenters. The van der Waals surface area contributed by atoms with Crippen molar-refractivity contribution < 1.29 is 9.47 Å². The fourth-order valence-corrected chi connectivity index (χ4v) is 2.73. The second kappa shape index (κ2) is 8.25. The highest BCUT2D eigenvalue weighted by Gasteiger charge is 2.10. The molecule has 0 amide bonds. The van der Waals surface area contributed by atoms with Crippen LogP contribution in [-0.2, 0) is 5.88 Å². The standard InChI is InChI=1S/C16H20ClNO2S/c1-3-7-19-14-6-5-12(9-15(14)20-8-4-2)13-11-21-16(10-17)18-13/h5-6,9,11H,3-4,7-8,10H2,1-2H3. The van der Waals surface area contributed by atoms with Crippen LogP contribution in [0.1, 0.15) is 31.7 Å². The van der Waals surface area contributed by atoms with Gasteiger partial charge < -0.3 is 9.47 Å². The van der Waals surface area contributed by atoms with Crippen molar-refractivity contribution >= 4 is 22.9 Å². The van der Waals surface area contributed by atoms with Gasteiger partial charge in [-0.1, -0.05) is 13.8 Å². The Bertz CT molecular complexity index is 571. The van der Waals surface area contributed by atoms with E-state index < -0.39 is 0 Å². The quantitative estimate of drug-likeness (QED) is 0.631. The van der Waals surface area contributed by atoms with Crippen molar-refractivity contribution in [2.24, 2.45) is 0 Å². The van der Waals surface area contributed by atoms with Gasteiger partial charge in [-0.25, -0.2) is 4.98 Å². The molecule has 1 aromatic heterocycles. The normalized spacial score (nSPS) is 10.6. The summed E-state index contributed by atoms with van der Waals surface area (Å²) in [6.45, 7) is 5.54. The Labute approximate surface area is 134 Å². The van der Waals surface area contributed by atoms with Gasteiger partial charge in [0.05, 0.1) is 24.8 Å². The van der Waals surface area contributed by atoms with E-state index in [-0.39, 0.29) is 0 Å². The van der Waals surface area contributed by atoms with Crippen LogP contribution in [0.25, 0.3) is 11.3 Å². The molecule has 2 aromatic rings. The molecular weight excluding hydrogens is 306 g/mol. The van der Waals surface area contributed by atoms with Gasteiger partial charge in [0.25, 0.3) is 0 Å². The van der Waals surface area contributed by atoms with Crippen LogP contribution in [0.5, 0.6) is 11.5 Å². The highest BCUT2D eigenvalue weighted by Crippen LogP contribution is 2.33. The third-order valence-corrected chi connectivity index (χ3v) is 4.09. The summed E-state index contributed by atoms with van der Waals surface area (Å²) in [6, 6.07) is 5.96. The zero-order chi connectivity index (χ0) is 15.1. The minimum Gasteiger partial charge on any atom is -0.490 e. The molecule has 0 spiro atoms. The van der Waals surface area contributed by atoms with Gasteiger partial charge in [0.15, 0.2) is 11.5 Å². The Morgan fingerprint density at radius 3 is 2.43 bits per heavy atom. The summed E-state index contributed by atoms with van der Waals surface area (Å²) < 4.78 is 11.5. The van der Waals surface area contributed by atoms with Crippen molar-refractivity contribution in [3.05, 3.63) is 28.6 Å². The molecule has 1 heterocycles. The predicted octanol–water partition coefficient (Wildman–Crippen LogP) is 5.13. The average molecular weight is 326 g/mol. The molecule has 2 rings (SSSR count). The monoisotopic (exact) mass is 325 g/mol. The minimum atomic E-state index is 0.446. The molecule has 0 aliphatic carbocycles. The third-order valence-electron chi connectivity index (χ3n) is 2.83. The van der Waals surface area contributed by atoms with E-state index >= 15 is 0 Å². The van der Waals surface area contributed by atoms with E-state index in [0.717, 1.165) is 40.6 Å². The van der Waals surface area contributed by atoms with Crippen molar-refractivity contribution in [2.75, 3.05) is 13.2 Å². The lowest BCUT2D eigenvalue weighted by Gasteiger charge is -2.13. The Kier molecular flexibility index (Phi) is 6.33. The van der Waals surface area contributed by atoms with E-state index in [1.807, 2.05) is 23.6 Å². The summed E-state index contributed by atoms with van der Waals surface area (Å²) in [5.41, 5.74) is 1.96. The van der Waals surface area contributed by atoms with Crippen LogP contribution in [0, 0.1) is 0 Å². The number of nitrogens with zero attached hydrogens (tertiary/aromatic N) is 1. The first kappa shape index (κ1) is 16.1. The van der Waals surface area contributed by atoms with E-state index in [9.17, 15) is 0 Å². The van der Waals surface area contributed by atoms with Crippen LogP contribution in [0.3, 0.4) is 0 Å². The second-order valence-corrected chi connectivity index (χ2v) is 5.83. The first-order chi connectivity index (χ1) is 10.3. The number of ether oxygens (including phenoxy) is 2. The lowest BCUT2D eigenvalue weighted by molar-refractivity contribution is 0.268. The molecule has 0 aliphatic rings. The largest absolute Gasteiger partial charge is 0.490 e. The summed E-state index contributed by atoms with van der Waals surface area (Å²) in [6.07, 6.45) is 1.94. The van der Waals surface area contributed by atoms with Crippen LogP contribution >= 0.6 is 22.9 Å². The van der Waals surface area contributed by atoms with Crippen molar-refractivity contribution in [1.82, 2.24) is 4.98 Å².